The summed E-state index contributed by atoms with van der Waals surface area (Å²) in [6, 6.07) is 5.07. The normalized spacial score (nSPS) is 15.3. The first kappa shape index (κ1) is 16.4. The number of nitrogens with zero attached hydrogens (tertiary/aromatic N) is 5. The molecule has 8 heteroatoms. The molecule has 26 heavy (non-hydrogen) atoms. The van der Waals surface area contributed by atoms with Gasteiger partial charge in [-0.15, -0.1) is 5.10 Å². The van der Waals surface area contributed by atoms with Gasteiger partial charge in [-0.25, -0.2) is 13.9 Å². The van der Waals surface area contributed by atoms with Crippen LogP contribution in [0.3, 0.4) is 0 Å². The van der Waals surface area contributed by atoms with Crippen LogP contribution in [-0.2, 0) is 0 Å². The molecule has 4 heterocycles. The van der Waals surface area contributed by atoms with E-state index in [-0.39, 0.29) is 11.5 Å². The number of fused-ring (bicyclic) bond motifs is 1. The van der Waals surface area contributed by atoms with E-state index in [0.29, 0.717) is 31.5 Å². The Morgan fingerprint density at radius 2 is 2.08 bits per heavy atom. The zero-order valence-corrected chi connectivity index (χ0v) is 14.1. The molecular formula is C18H18FN5O2. The molecule has 0 bridgehead atoms. The first-order valence-corrected chi connectivity index (χ1v) is 8.53. The molecular weight excluding hydrogens is 337 g/mol. The molecule has 0 N–H and O–H groups in total. The third-order valence-electron chi connectivity index (χ3n) is 4.60. The van der Waals surface area contributed by atoms with E-state index >= 15 is 0 Å². The van der Waals surface area contributed by atoms with Crippen molar-refractivity contribution in [2.24, 2.45) is 5.92 Å². The van der Waals surface area contributed by atoms with Crippen molar-refractivity contribution in [2.45, 2.75) is 12.8 Å². The van der Waals surface area contributed by atoms with Crippen molar-refractivity contribution in [3.63, 3.8) is 0 Å². The Labute approximate surface area is 149 Å². The molecule has 0 atom stereocenters. The summed E-state index contributed by atoms with van der Waals surface area (Å²) < 4.78 is 21.2. The average Bonchev–Trinajstić information content (AvgIpc) is 3.14. The predicted molar refractivity (Wildman–Crippen MR) is 91.3 cm³/mol. The molecule has 0 radical (unpaired) electrons. The Hall–Kier alpha value is -3.03. The summed E-state index contributed by atoms with van der Waals surface area (Å²) in [6.07, 6.45) is 7.57. The zero-order chi connectivity index (χ0) is 17.9. The van der Waals surface area contributed by atoms with Gasteiger partial charge in [0.2, 0.25) is 5.88 Å². The molecule has 134 valence electrons. The molecule has 0 spiro atoms. The molecule has 1 fully saturated rings. The number of rotatable bonds is 4. The van der Waals surface area contributed by atoms with Crippen molar-refractivity contribution in [2.75, 3.05) is 19.7 Å². The van der Waals surface area contributed by atoms with Crippen molar-refractivity contribution >= 4 is 11.6 Å². The second kappa shape index (κ2) is 7.07. The van der Waals surface area contributed by atoms with Gasteiger partial charge in [0, 0.05) is 37.7 Å². The first-order chi connectivity index (χ1) is 12.7. The van der Waals surface area contributed by atoms with E-state index in [1.807, 2.05) is 6.07 Å². The van der Waals surface area contributed by atoms with Crippen LogP contribution in [0.1, 0.15) is 23.2 Å². The number of likely N-dealkylation sites (tertiary alicyclic amines) is 1. The number of carbonyl (C=O) groups is 1. The van der Waals surface area contributed by atoms with Gasteiger partial charge >= 0.3 is 0 Å². The van der Waals surface area contributed by atoms with Crippen LogP contribution in [-0.4, -0.2) is 50.1 Å². The highest BCUT2D eigenvalue weighted by atomic mass is 19.1. The Kier molecular flexibility index (Phi) is 4.47. The topological polar surface area (TPSA) is 72.6 Å². The molecule has 0 aromatic carbocycles. The maximum Gasteiger partial charge on any atom is 0.256 e. The standard InChI is InChI=1S/C18H18FN5O2/c19-15-11-20-6-3-14(15)18(25)23-8-4-13(5-9-23)12-26-17-2-1-16-21-7-10-24(16)22-17/h1-3,6-7,10-11,13H,4-5,8-9,12H2. The molecule has 0 aliphatic carbocycles. The molecule has 0 saturated carbocycles. The lowest BCUT2D eigenvalue weighted by atomic mass is 9.97. The Morgan fingerprint density at radius 1 is 1.23 bits per heavy atom. The fraction of sp³-hybridized carbons (Fsp3) is 0.333. The van der Waals surface area contributed by atoms with Crippen molar-refractivity contribution in [3.8, 4) is 5.88 Å². The van der Waals surface area contributed by atoms with Gasteiger partial charge in [-0.05, 0) is 30.9 Å². The number of hydrogen-bond acceptors (Lipinski definition) is 5. The fourth-order valence-corrected chi connectivity index (χ4v) is 3.10. The third kappa shape index (κ3) is 3.35. The van der Waals surface area contributed by atoms with Crippen molar-refractivity contribution < 1.29 is 13.9 Å². The number of aromatic nitrogens is 4. The van der Waals surface area contributed by atoms with Crippen molar-refractivity contribution in [1.29, 1.82) is 0 Å². The summed E-state index contributed by atoms with van der Waals surface area (Å²) in [4.78, 5) is 21.9. The number of pyridine rings is 1. The lowest BCUT2D eigenvalue weighted by Crippen LogP contribution is -2.40. The Morgan fingerprint density at radius 3 is 2.88 bits per heavy atom. The van der Waals surface area contributed by atoms with Crippen LogP contribution in [0.2, 0.25) is 0 Å². The van der Waals surface area contributed by atoms with Gasteiger partial charge in [-0.3, -0.25) is 9.78 Å². The minimum atomic E-state index is -0.580. The SMILES string of the molecule is O=C(c1ccncc1F)N1CCC(COc2ccc3nccn3n2)CC1. The number of amides is 1. The number of halogens is 1. The highest BCUT2D eigenvalue weighted by molar-refractivity contribution is 5.94. The van der Waals surface area contributed by atoms with E-state index in [1.54, 1.807) is 27.9 Å². The highest BCUT2D eigenvalue weighted by Crippen LogP contribution is 2.21. The summed E-state index contributed by atoms with van der Waals surface area (Å²) in [7, 11) is 0. The Balaban J connectivity index is 1.31. The van der Waals surface area contributed by atoms with Crippen molar-refractivity contribution in [3.05, 3.63) is 54.4 Å². The third-order valence-corrected chi connectivity index (χ3v) is 4.60. The highest BCUT2D eigenvalue weighted by Gasteiger charge is 2.25. The number of hydrogen-bond donors (Lipinski definition) is 0. The quantitative estimate of drug-likeness (QED) is 0.717. The Bertz CT molecular complexity index is 921. The molecule has 1 aliphatic heterocycles. The number of imidazole rings is 1. The lowest BCUT2D eigenvalue weighted by Gasteiger charge is -2.31. The second-order valence-corrected chi connectivity index (χ2v) is 6.30. The van der Waals surface area contributed by atoms with Gasteiger partial charge < -0.3 is 9.64 Å². The minimum Gasteiger partial charge on any atom is -0.476 e. The van der Waals surface area contributed by atoms with Gasteiger partial charge in [-0.2, -0.15) is 0 Å². The van der Waals surface area contributed by atoms with Crippen molar-refractivity contribution in [1.82, 2.24) is 24.5 Å². The van der Waals surface area contributed by atoms with Crippen LogP contribution >= 0.6 is 0 Å². The number of carbonyl (C=O) groups excluding carboxylic acids is 1. The van der Waals surface area contributed by atoms with Crippen LogP contribution < -0.4 is 4.74 Å². The van der Waals surface area contributed by atoms with E-state index < -0.39 is 5.82 Å². The smallest absolute Gasteiger partial charge is 0.256 e. The van der Waals surface area contributed by atoms with Crippen LogP contribution in [0, 0.1) is 11.7 Å². The number of piperidine rings is 1. The van der Waals surface area contributed by atoms with Gasteiger partial charge in [0.25, 0.3) is 5.91 Å². The lowest BCUT2D eigenvalue weighted by molar-refractivity contribution is 0.0654. The molecule has 1 amide bonds. The molecule has 4 rings (SSSR count). The number of ether oxygens (including phenoxy) is 1. The largest absolute Gasteiger partial charge is 0.476 e. The molecule has 3 aromatic rings. The maximum atomic E-state index is 13.7. The fourth-order valence-electron chi connectivity index (χ4n) is 3.10. The zero-order valence-electron chi connectivity index (χ0n) is 14.1. The van der Waals surface area contributed by atoms with E-state index in [1.165, 1.54) is 12.3 Å². The minimum absolute atomic E-state index is 0.0764. The monoisotopic (exact) mass is 355 g/mol. The maximum absolute atomic E-state index is 13.7. The summed E-state index contributed by atoms with van der Waals surface area (Å²) in [5.74, 6) is 0.0231. The van der Waals surface area contributed by atoms with Gasteiger partial charge in [0.05, 0.1) is 18.4 Å². The summed E-state index contributed by atoms with van der Waals surface area (Å²) in [5, 5.41) is 4.33. The summed E-state index contributed by atoms with van der Waals surface area (Å²) in [5.41, 5.74) is 0.847. The van der Waals surface area contributed by atoms with Gasteiger partial charge in [0.1, 0.15) is 0 Å². The van der Waals surface area contributed by atoms with Crippen LogP contribution in [0.5, 0.6) is 5.88 Å². The van der Waals surface area contributed by atoms with E-state index in [4.69, 9.17) is 4.74 Å². The van der Waals surface area contributed by atoms with Gasteiger partial charge in [0.15, 0.2) is 11.5 Å². The van der Waals surface area contributed by atoms with Gasteiger partial charge in [-0.1, -0.05) is 0 Å². The van der Waals surface area contributed by atoms with E-state index in [0.717, 1.165) is 24.7 Å². The van der Waals surface area contributed by atoms with Crippen LogP contribution in [0.4, 0.5) is 4.39 Å². The van der Waals surface area contributed by atoms with Crippen LogP contribution in [0.25, 0.3) is 5.65 Å². The van der Waals surface area contributed by atoms with Crippen LogP contribution in [0.15, 0.2) is 43.0 Å². The average molecular weight is 355 g/mol. The first-order valence-electron chi connectivity index (χ1n) is 8.53. The molecule has 1 saturated heterocycles. The summed E-state index contributed by atoms with van der Waals surface area (Å²) in [6.45, 7) is 1.71. The molecule has 1 aliphatic rings. The summed E-state index contributed by atoms with van der Waals surface area (Å²) >= 11 is 0. The second-order valence-electron chi connectivity index (χ2n) is 6.30. The predicted octanol–water partition coefficient (Wildman–Crippen LogP) is 2.19. The molecule has 3 aromatic heterocycles. The molecule has 7 nitrogen and oxygen atoms in total. The van der Waals surface area contributed by atoms with E-state index in [9.17, 15) is 9.18 Å². The molecule has 0 unspecified atom stereocenters. The van der Waals surface area contributed by atoms with E-state index in [2.05, 4.69) is 15.1 Å².